The summed E-state index contributed by atoms with van der Waals surface area (Å²) in [5.74, 6) is 0. The van der Waals surface area contributed by atoms with Gasteiger partial charge >= 0.3 is 0 Å². The third-order valence-corrected chi connectivity index (χ3v) is 4.80. The molecule has 1 aromatic rings. The van der Waals surface area contributed by atoms with Crippen molar-refractivity contribution in [1.82, 2.24) is 0 Å². The number of anilines is 1. The van der Waals surface area contributed by atoms with E-state index in [9.17, 15) is 0 Å². The van der Waals surface area contributed by atoms with Crippen molar-refractivity contribution in [2.24, 2.45) is 5.73 Å². The molecule has 0 amide bonds. The highest BCUT2D eigenvalue weighted by atomic mass is 79.9. The summed E-state index contributed by atoms with van der Waals surface area (Å²) in [4.78, 5) is 2.55. The zero-order chi connectivity index (χ0) is 13.8. The molecule has 2 rings (SSSR count). The number of rotatable bonds is 4. The van der Waals surface area contributed by atoms with E-state index in [1.807, 2.05) is 6.92 Å². The summed E-state index contributed by atoms with van der Waals surface area (Å²) in [5, 5.41) is 0. The Morgan fingerprint density at radius 2 is 2.00 bits per heavy atom. The first-order chi connectivity index (χ1) is 9.13. The molecule has 0 saturated heterocycles. The number of nitrogens with two attached hydrogens (primary N) is 1. The molecule has 1 atom stereocenters. The van der Waals surface area contributed by atoms with Gasteiger partial charge in [0.2, 0.25) is 0 Å². The molecule has 0 aliphatic heterocycles. The van der Waals surface area contributed by atoms with Gasteiger partial charge in [-0.1, -0.05) is 25.3 Å². The average Bonchev–Trinajstić information content (AvgIpc) is 2.42. The molecule has 0 unspecified atom stereocenters. The highest BCUT2D eigenvalue weighted by molar-refractivity contribution is 9.10. The fraction of sp³-hybridized carbons (Fsp3) is 0.625. The van der Waals surface area contributed by atoms with E-state index in [1.165, 1.54) is 47.8 Å². The molecule has 1 aliphatic carbocycles. The van der Waals surface area contributed by atoms with Crippen molar-refractivity contribution in [3.05, 3.63) is 28.2 Å². The van der Waals surface area contributed by atoms with Crippen molar-refractivity contribution in [3.63, 3.8) is 0 Å². The molecule has 1 saturated carbocycles. The van der Waals surface area contributed by atoms with Crippen LogP contribution in [0.25, 0.3) is 0 Å². The van der Waals surface area contributed by atoms with E-state index in [-0.39, 0.29) is 6.04 Å². The Balaban J connectivity index is 2.22. The molecule has 0 spiro atoms. The summed E-state index contributed by atoms with van der Waals surface area (Å²) in [5.41, 5.74) is 8.46. The van der Waals surface area contributed by atoms with Gasteiger partial charge in [-0.2, -0.15) is 0 Å². The summed E-state index contributed by atoms with van der Waals surface area (Å²) in [6.45, 7) is 5.35. The van der Waals surface area contributed by atoms with Gasteiger partial charge < -0.3 is 10.6 Å². The molecule has 0 radical (unpaired) electrons. The van der Waals surface area contributed by atoms with Crippen LogP contribution >= 0.6 is 15.9 Å². The van der Waals surface area contributed by atoms with Gasteiger partial charge in [-0.3, -0.25) is 0 Å². The van der Waals surface area contributed by atoms with Gasteiger partial charge in [-0.25, -0.2) is 0 Å². The molecule has 3 heteroatoms. The minimum atomic E-state index is 0.0927. The highest BCUT2D eigenvalue weighted by Crippen LogP contribution is 2.33. The van der Waals surface area contributed by atoms with E-state index in [4.69, 9.17) is 5.73 Å². The van der Waals surface area contributed by atoms with Gasteiger partial charge in [0.05, 0.1) is 5.69 Å². The quantitative estimate of drug-likeness (QED) is 0.875. The van der Waals surface area contributed by atoms with Crippen molar-refractivity contribution in [1.29, 1.82) is 0 Å². The lowest BCUT2D eigenvalue weighted by molar-refractivity contribution is 0.418. The van der Waals surface area contributed by atoms with E-state index >= 15 is 0 Å². The lowest BCUT2D eigenvalue weighted by Crippen LogP contribution is -2.36. The van der Waals surface area contributed by atoms with Gasteiger partial charge in [0.1, 0.15) is 0 Å². The van der Waals surface area contributed by atoms with Crippen molar-refractivity contribution >= 4 is 21.6 Å². The molecule has 19 heavy (non-hydrogen) atoms. The van der Waals surface area contributed by atoms with E-state index in [0.717, 1.165) is 6.54 Å². The third kappa shape index (κ3) is 3.51. The van der Waals surface area contributed by atoms with Gasteiger partial charge in [0.15, 0.2) is 0 Å². The Morgan fingerprint density at radius 3 is 2.53 bits per heavy atom. The zero-order valence-electron chi connectivity index (χ0n) is 12.0. The normalized spacial score (nSPS) is 18.3. The molecule has 2 nitrogen and oxygen atoms in total. The summed E-state index contributed by atoms with van der Waals surface area (Å²) in [6, 6.07) is 7.36. The van der Waals surface area contributed by atoms with Gasteiger partial charge in [0, 0.05) is 23.1 Å². The van der Waals surface area contributed by atoms with E-state index < -0.39 is 0 Å². The van der Waals surface area contributed by atoms with Gasteiger partial charge in [-0.15, -0.1) is 0 Å². The summed E-state index contributed by atoms with van der Waals surface area (Å²) >= 11 is 3.73. The van der Waals surface area contributed by atoms with Crippen molar-refractivity contribution < 1.29 is 0 Å². The standard InChI is InChI=1S/C16H25BrN2/c1-3-19(14-7-5-4-6-8-14)16-10-9-13(12(2)18)11-15(16)17/h9-12,14H,3-8,18H2,1-2H3/t12-/m1/s1. The van der Waals surface area contributed by atoms with Crippen LogP contribution in [0.1, 0.15) is 57.6 Å². The van der Waals surface area contributed by atoms with E-state index in [0.29, 0.717) is 6.04 Å². The zero-order valence-corrected chi connectivity index (χ0v) is 13.6. The largest absolute Gasteiger partial charge is 0.368 e. The maximum absolute atomic E-state index is 5.95. The summed E-state index contributed by atoms with van der Waals surface area (Å²) < 4.78 is 1.18. The monoisotopic (exact) mass is 324 g/mol. The van der Waals surface area contributed by atoms with Crippen LogP contribution in [0, 0.1) is 0 Å². The molecular weight excluding hydrogens is 300 g/mol. The number of hydrogen-bond donors (Lipinski definition) is 1. The maximum Gasteiger partial charge on any atom is 0.0513 e. The molecule has 0 heterocycles. The highest BCUT2D eigenvalue weighted by Gasteiger charge is 2.21. The molecule has 106 valence electrons. The second-order valence-electron chi connectivity index (χ2n) is 5.58. The van der Waals surface area contributed by atoms with Crippen LogP contribution in [-0.4, -0.2) is 12.6 Å². The molecule has 0 bridgehead atoms. The van der Waals surface area contributed by atoms with Crippen LogP contribution in [0.15, 0.2) is 22.7 Å². The second-order valence-corrected chi connectivity index (χ2v) is 6.43. The first-order valence-corrected chi connectivity index (χ1v) is 8.24. The summed E-state index contributed by atoms with van der Waals surface area (Å²) in [7, 11) is 0. The average molecular weight is 325 g/mol. The minimum Gasteiger partial charge on any atom is -0.368 e. The SMILES string of the molecule is CCN(c1ccc([C@@H](C)N)cc1Br)C1CCCCC1. The number of nitrogens with zero attached hydrogens (tertiary/aromatic N) is 1. The molecule has 1 aromatic carbocycles. The lowest BCUT2D eigenvalue weighted by Gasteiger charge is -2.36. The topological polar surface area (TPSA) is 29.3 Å². The van der Waals surface area contributed by atoms with Crippen LogP contribution in [0.2, 0.25) is 0 Å². The predicted octanol–water partition coefficient (Wildman–Crippen LogP) is 4.63. The van der Waals surface area contributed by atoms with Crippen LogP contribution in [0.5, 0.6) is 0 Å². The number of hydrogen-bond acceptors (Lipinski definition) is 2. The fourth-order valence-electron chi connectivity index (χ4n) is 3.06. The Hall–Kier alpha value is -0.540. The van der Waals surface area contributed by atoms with E-state index in [1.54, 1.807) is 0 Å². The molecule has 0 aromatic heterocycles. The lowest BCUT2D eigenvalue weighted by atomic mass is 9.93. The van der Waals surface area contributed by atoms with Crippen LogP contribution in [0.4, 0.5) is 5.69 Å². The van der Waals surface area contributed by atoms with Crippen LogP contribution in [-0.2, 0) is 0 Å². The Morgan fingerprint density at radius 1 is 1.32 bits per heavy atom. The predicted molar refractivity (Wildman–Crippen MR) is 86.6 cm³/mol. The third-order valence-electron chi connectivity index (χ3n) is 4.16. The Bertz CT molecular complexity index is 411. The van der Waals surface area contributed by atoms with Crippen LogP contribution < -0.4 is 10.6 Å². The van der Waals surface area contributed by atoms with Crippen molar-refractivity contribution in [3.8, 4) is 0 Å². The Kier molecular flexibility index (Phi) is 5.28. The fourth-order valence-corrected chi connectivity index (χ4v) is 3.68. The van der Waals surface area contributed by atoms with Gasteiger partial charge in [-0.05, 0) is 60.3 Å². The number of halogens is 1. The molecular formula is C16H25BrN2. The first kappa shape index (κ1) is 14.9. The molecule has 1 aliphatic rings. The minimum absolute atomic E-state index is 0.0927. The molecule has 2 N–H and O–H groups in total. The summed E-state index contributed by atoms with van der Waals surface area (Å²) in [6.07, 6.45) is 6.80. The number of benzene rings is 1. The Labute approximate surface area is 125 Å². The van der Waals surface area contributed by atoms with E-state index in [2.05, 4.69) is 46.0 Å². The maximum atomic E-state index is 5.95. The molecule has 1 fully saturated rings. The van der Waals surface area contributed by atoms with Gasteiger partial charge in [0.25, 0.3) is 0 Å². The van der Waals surface area contributed by atoms with Crippen molar-refractivity contribution in [2.75, 3.05) is 11.4 Å². The smallest absolute Gasteiger partial charge is 0.0513 e. The van der Waals surface area contributed by atoms with Crippen molar-refractivity contribution in [2.45, 2.75) is 58.0 Å². The van der Waals surface area contributed by atoms with Crippen LogP contribution in [0.3, 0.4) is 0 Å². The first-order valence-electron chi connectivity index (χ1n) is 7.45. The second kappa shape index (κ2) is 6.76.